The number of hydrogen-bond acceptors (Lipinski definition) is 3. The first kappa shape index (κ1) is 17.8. The lowest BCUT2D eigenvalue weighted by atomic mass is 10.1. The third-order valence-electron chi connectivity index (χ3n) is 4.36. The van der Waals surface area contributed by atoms with Crippen LogP contribution >= 0.6 is 0 Å². The van der Waals surface area contributed by atoms with Gasteiger partial charge < -0.3 is 14.5 Å². The lowest BCUT2D eigenvalue weighted by Gasteiger charge is -2.35. The molecule has 0 atom stereocenters. The van der Waals surface area contributed by atoms with E-state index in [0.29, 0.717) is 37.5 Å². The minimum Gasteiger partial charge on any atom is -0.496 e. The molecule has 3 rings (SSSR count). The summed E-state index contributed by atoms with van der Waals surface area (Å²) < 4.78 is 31.6. The van der Waals surface area contributed by atoms with Crippen LogP contribution in [0.4, 0.5) is 8.78 Å². The van der Waals surface area contributed by atoms with Crippen molar-refractivity contribution in [1.82, 2.24) is 9.80 Å². The van der Waals surface area contributed by atoms with Crippen molar-refractivity contribution in [2.24, 2.45) is 0 Å². The van der Waals surface area contributed by atoms with Crippen LogP contribution in [-0.2, 0) is 0 Å². The van der Waals surface area contributed by atoms with Gasteiger partial charge in [-0.05, 0) is 30.3 Å². The smallest absolute Gasteiger partial charge is 0.257 e. The van der Waals surface area contributed by atoms with Crippen molar-refractivity contribution in [2.75, 3.05) is 33.3 Å². The lowest BCUT2D eigenvalue weighted by molar-refractivity contribution is 0.0533. The molecule has 7 heteroatoms. The summed E-state index contributed by atoms with van der Waals surface area (Å²) in [5.41, 5.74) is 0.559. The minimum atomic E-state index is -1.05. The van der Waals surface area contributed by atoms with Gasteiger partial charge in [-0.25, -0.2) is 8.78 Å². The predicted octanol–water partition coefficient (Wildman–Crippen LogP) is 2.57. The van der Waals surface area contributed by atoms with Crippen molar-refractivity contribution in [2.45, 2.75) is 0 Å². The molecule has 0 unspecified atom stereocenters. The molecule has 2 aromatic carbocycles. The molecule has 26 heavy (non-hydrogen) atoms. The Bertz CT molecular complexity index is 833. The molecule has 0 aliphatic carbocycles. The summed E-state index contributed by atoms with van der Waals surface area (Å²) in [4.78, 5) is 28.3. The van der Waals surface area contributed by atoms with Crippen LogP contribution in [0.1, 0.15) is 20.7 Å². The van der Waals surface area contributed by atoms with Crippen molar-refractivity contribution in [1.29, 1.82) is 0 Å². The average molecular weight is 360 g/mol. The van der Waals surface area contributed by atoms with Gasteiger partial charge in [-0.2, -0.15) is 0 Å². The molecule has 1 aliphatic heterocycles. The molecule has 1 fully saturated rings. The van der Waals surface area contributed by atoms with Crippen molar-refractivity contribution in [3.63, 3.8) is 0 Å². The van der Waals surface area contributed by atoms with E-state index in [2.05, 4.69) is 0 Å². The maximum Gasteiger partial charge on any atom is 0.257 e. The Morgan fingerprint density at radius 1 is 0.885 bits per heavy atom. The standard InChI is InChI=1S/C19H18F2N2O3/c1-26-17-5-3-2-4-14(17)19(25)23-10-8-22(9-11-23)18(24)13-6-7-15(20)16(21)12-13/h2-7,12H,8-11H2,1H3. The van der Waals surface area contributed by atoms with Crippen molar-refractivity contribution in [3.05, 3.63) is 65.2 Å². The first-order valence-corrected chi connectivity index (χ1v) is 8.18. The Balaban J connectivity index is 1.66. The number of carbonyl (C=O) groups is 2. The third-order valence-corrected chi connectivity index (χ3v) is 4.36. The number of piperazine rings is 1. The van der Waals surface area contributed by atoms with Gasteiger partial charge in [0.25, 0.3) is 11.8 Å². The van der Waals surface area contributed by atoms with Crippen LogP contribution in [0.2, 0.25) is 0 Å². The van der Waals surface area contributed by atoms with Crippen LogP contribution in [0.15, 0.2) is 42.5 Å². The topological polar surface area (TPSA) is 49.9 Å². The summed E-state index contributed by atoms with van der Waals surface area (Å²) >= 11 is 0. The normalized spacial score (nSPS) is 14.3. The zero-order valence-corrected chi connectivity index (χ0v) is 14.2. The van der Waals surface area contributed by atoms with Gasteiger partial charge in [-0.1, -0.05) is 12.1 Å². The Hall–Kier alpha value is -2.96. The van der Waals surface area contributed by atoms with Crippen molar-refractivity contribution >= 4 is 11.8 Å². The van der Waals surface area contributed by atoms with E-state index < -0.39 is 11.6 Å². The largest absolute Gasteiger partial charge is 0.496 e. The molecule has 2 amide bonds. The molecule has 5 nitrogen and oxygen atoms in total. The summed E-state index contributed by atoms with van der Waals surface area (Å²) in [6.07, 6.45) is 0. The number of methoxy groups -OCH3 is 1. The van der Waals surface area contributed by atoms with Gasteiger partial charge in [0.15, 0.2) is 11.6 Å². The molecule has 1 aliphatic rings. The summed E-state index contributed by atoms with van der Waals surface area (Å²) in [6, 6.07) is 10.0. The van der Waals surface area contributed by atoms with Gasteiger partial charge in [0.1, 0.15) is 5.75 Å². The quantitative estimate of drug-likeness (QED) is 0.845. The first-order chi connectivity index (χ1) is 12.5. The lowest BCUT2D eigenvalue weighted by Crippen LogP contribution is -2.50. The fraction of sp³-hybridized carbons (Fsp3) is 0.263. The molecule has 2 aromatic rings. The molecule has 0 spiro atoms. The highest BCUT2D eigenvalue weighted by atomic mass is 19.2. The van der Waals surface area contributed by atoms with E-state index in [1.807, 2.05) is 0 Å². The van der Waals surface area contributed by atoms with Gasteiger partial charge in [-0.15, -0.1) is 0 Å². The van der Waals surface area contributed by atoms with Gasteiger partial charge >= 0.3 is 0 Å². The fourth-order valence-electron chi connectivity index (χ4n) is 2.92. The summed E-state index contributed by atoms with van der Waals surface area (Å²) in [6.45, 7) is 1.34. The van der Waals surface area contributed by atoms with E-state index in [1.165, 1.54) is 18.1 Å². The van der Waals surface area contributed by atoms with Crippen LogP contribution in [0, 0.1) is 11.6 Å². The molecule has 1 saturated heterocycles. The molecular formula is C19H18F2N2O3. The molecule has 0 bridgehead atoms. The second kappa shape index (κ2) is 7.51. The zero-order valence-electron chi connectivity index (χ0n) is 14.2. The van der Waals surface area contributed by atoms with Crippen LogP contribution < -0.4 is 4.74 Å². The van der Waals surface area contributed by atoms with Crippen molar-refractivity contribution < 1.29 is 23.1 Å². The summed E-state index contributed by atoms with van der Waals surface area (Å²) in [7, 11) is 1.50. The van der Waals surface area contributed by atoms with Gasteiger partial charge in [0.05, 0.1) is 12.7 Å². The number of halogens is 2. The SMILES string of the molecule is COc1ccccc1C(=O)N1CCN(C(=O)c2ccc(F)c(F)c2)CC1. The molecule has 0 saturated carbocycles. The molecular weight excluding hydrogens is 342 g/mol. The second-order valence-electron chi connectivity index (χ2n) is 5.91. The molecule has 0 N–H and O–H groups in total. The third kappa shape index (κ3) is 3.51. The monoisotopic (exact) mass is 360 g/mol. The van der Waals surface area contributed by atoms with E-state index in [-0.39, 0.29) is 17.4 Å². The van der Waals surface area contributed by atoms with E-state index in [0.717, 1.165) is 12.1 Å². The van der Waals surface area contributed by atoms with Crippen LogP contribution in [0.3, 0.4) is 0 Å². The number of ether oxygens (including phenoxy) is 1. The number of benzene rings is 2. The van der Waals surface area contributed by atoms with E-state index >= 15 is 0 Å². The number of hydrogen-bond donors (Lipinski definition) is 0. The maximum absolute atomic E-state index is 13.3. The minimum absolute atomic E-state index is 0.0911. The molecule has 136 valence electrons. The van der Waals surface area contributed by atoms with E-state index in [4.69, 9.17) is 4.74 Å². The number of rotatable bonds is 3. The van der Waals surface area contributed by atoms with E-state index in [9.17, 15) is 18.4 Å². The first-order valence-electron chi connectivity index (χ1n) is 8.18. The highest BCUT2D eigenvalue weighted by molar-refractivity contribution is 5.97. The average Bonchev–Trinajstić information content (AvgIpc) is 2.69. The zero-order chi connectivity index (χ0) is 18.7. The summed E-state index contributed by atoms with van der Waals surface area (Å²) in [5.74, 6) is -2.09. The summed E-state index contributed by atoms with van der Waals surface area (Å²) in [5, 5.41) is 0. The van der Waals surface area contributed by atoms with Crippen LogP contribution in [0.25, 0.3) is 0 Å². The number of carbonyl (C=O) groups excluding carboxylic acids is 2. The Labute approximate surface area is 149 Å². The van der Waals surface area contributed by atoms with E-state index in [1.54, 1.807) is 29.2 Å². The molecule has 0 radical (unpaired) electrons. The molecule has 0 aromatic heterocycles. The Morgan fingerprint density at radius 3 is 2.12 bits per heavy atom. The van der Waals surface area contributed by atoms with Gasteiger partial charge in [0.2, 0.25) is 0 Å². The maximum atomic E-state index is 13.3. The number of amides is 2. The van der Waals surface area contributed by atoms with Crippen LogP contribution in [-0.4, -0.2) is 54.9 Å². The van der Waals surface area contributed by atoms with Gasteiger partial charge in [-0.3, -0.25) is 9.59 Å². The molecule has 1 heterocycles. The highest BCUT2D eigenvalue weighted by Gasteiger charge is 2.27. The Morgan fingerprint density at radius 2 is 1.50 bits per heavy atom. The Kier molecular flexibility index (Phi) is 5.16. The number of nitrogens with zero attached hydrogens (tertiary/aromatic N) is 2. The van der Waals surface area contributed by atoms with Crippen LogP contribution in [0.5, 0.6) is 5.75 Å². The number of para-hydroxylation sites is 1. The van der Waals surface area contributed by atoms with Crippen molar-refractivity contribution in [3.8, 4) is 5.75 Å². The predicted molar refractivity (Wildman–Crippen MR) is 91.2 cm³/mol. The highest BCUT2D eigenvalue weighted by Crippen LogP contribution is 2.20. The van der Waals surface area contributed by atoms with Gasteiger partial charge in [0, 0.05) is 31.7 Å². The second-order valence-corrected chi connectivity index (χ2v) is 5.91. The fourth-order valence-corrected chi connectivity index (χ4v) is 2.92.